The van der Waals surface area contributed by atoms with Crippen LogP contribution in [0.5, 0.6) is 0 Å². The molecule has 0 unspecified atom stereocenters. The summed E-state index contributed by atoms with van der Waals surface area (Å²) in [5.41, 5.74) is 2.52. The molecule has 31 heavy (non-hydrogen) atoms. The third-order valence-electron chi connectivity index (χ3n) is 6.58. The number of nitriles is 1. The molecular weight excluding hydrogens is 384 g/mol. The van der Waals surface area contributed by atoms with E-state index in [4.69, 9.17) is 14.8 Å². The van der Waals surface area contributed by atoms with Crippen LogP contribution in [0.3, 0.4) is 0 Å². The lowest BCUT2D eigenvalue weighted by Gasteiger charge is -2.45. The Hall–Kier alpha value is -2.45. The number of piperidine rings is 1. The Morgan fingerprint density at radius 1 is 1.13 bits per heavy atom. The Labute approximate surface area is 186 Å². The van der Waals surface area contributed by atoms with Crippen LogP contribution in [-0.4, -0.2) is 23.3 Å². The fourth-order valence-corrected chi connectivity index (χ4v) is 5.10. The minimum atomic E-state index is 0.0556. The van der Waals surface area contributed by atoms with E-state index in [1.54, 1.807) is 6.08 Å². The summed E-state index contributed by atoms with van der Waals surface area (Å²) in [7, 11) is 0. The highest BCUT2D eigenvalue weighted by Gasteiger charge is 2.51. The van der Waals surface area contributed by atoms with Gasteiger partial charge in [0.25, 0.3) is 0 Å². The van der Waals surface area contributed by atoms with E-state index in [1.807, 2.05) is 12.1 Å². The molecule has 2 saturated heterocycles. The maximum atomic E-state index is 8.74. The number of allylic oxidation sites excluding steroid dienone is 2. The molecular formula is C27H32N2O2. The Balaban J connectivity index is 1.45. The monoisotopic (exact) mass is 416 g/mol. The molecule has 2 aliphatic heterocycles. The van der Waals surface area contributed by atoms with Gasteiger partial charge in [-0.15, -0.1) is 0 Å². The highest BCUT2D eigenvalue weighted by atomic mass is 16.7. The van der Waals surface area contributed by atoms with Gasteiger partial charge >= 0.3 is 0 Å². The molecule has 0 aromatic heterocycles. The number of fused-ring (bicyclic) bond motifs is 1. The zero-order chi connectivity index (χ0) is 21.4. The van der Waals surface area contributed by atoms with E-state index in [0.717, 1.165) is 38.5 Å². The number of hydroxylamine groups is 2. The predicted octanol–water partition coefficient (Wildman–Crippen LogP) is 6.12. The second-order valence-electron chi connectivity index (χ2n) is 8.73. The zero-order valence-corrected chi connectivity index (χ0v) is 18.2. The van der Waals surface area contributed by atoms with Gasteiger partial charge in [0.15, 0.2) is 0 Å². The molecule has 0 bridgehead atoms. The summed E-state index contributed by atoms with van der Waals surface area (Å²) in [6.07, 6.45) is 11.3. The molecule has 0 radical (unpaired) electrons. The number of benzene rings is 2. The first kappa shape index (κ1) is 21.8. The smallest absolute Gasteiger partial charge is 0.106 e. The fraction of sp³-hybridized carbons (Fsp3) is 0.444. The number of hydrogen-bond donors (Lipinski definition) is 0. The van der Waals surface area contributed by atoms with E-state index in [9.17, 15) is 0 Å². The van der Waals surface area contributed by atoms with Crippen LogP contribution in [0.2, 0.25) is 0 Å². The van der Waals surface area contributed by atoms with Crippen LogP contribution in [0.25, 0.3) is 0 Å². The average molecular weight is 417 g/mol. The minimum absolute atomic E-state index is 0.0556. The van der Waals surface area contributed by atoms with Crippen LogP contribution in [0, 0.1) is 11.3 Å². The number of hydrogen-bond acceptors (Lipinski definition) is 4. The average Bonchev–Trinajstić information content (AvgIpc) is 3.21. The molecule has 4 heteroatoms. The number of ether oxygens (including phenoxy) is 1. The van der Waals surface area contributed by atoms with E-state index in [2.05, 4.69) is 65.7 Å². The van der Waals surface area contributed by atoms with Crippen LogP contribution in [0.15, 0.2) is 72.8 Å². The Morgan fingerprint density at radius 3 is 2.68 bits per heavy atom. The van der Waals surface area contributed by atoms with E-state index in [1.165, 1.54) is 17.5 Å². The predicted molar refractivity (Wildman–Crippen MR) is 122 cm³/mol. The summed E-state index contributed by atoms with van der Waals surface area (Å²) in [4.78, 5) is 6.63. The first-order valence-corrected chi connectivity index (χ1v) is 11.5. The molecule has 2 aromatic rings. The SMILES string of the molecule is N#C/C=C/CCC[C@@]12CCC[C@@H](COCc3ccccc3)N1O[C@@H](c1ccccc1)C2. The molecule has 0 aliphatic carbocycles. The second-order valence-corrected chi connectivity index (χ2v) is 8.73. The molecule has 3 atom stereocenters. The van der Waals surface area contributed by atoms with Crippen molar-refractivity contribution in [2.45, 2.75) is 69.2 Å². The normalized spacial score (nSPS) is 26.0. The van der Waals surface area contributed by atoms with Crippen molar-refractivity contribution < 1.29 is 9.57 Å². The summed E-state index contributed by atoms with van der Waals surface area (Å²) in [6.45, 7) is 1.33. The molecule has 4 nitrogen and oxygen atoms in total. The van der Waals surface area contributed by atoms with Crippen molar-refractivity contribution in [3.05, 3.63) is 83.9 Å². The van der Waals surface area contributed by atoms with Gasteiger partial charge in [-0.2, -0.15) is 10.3 Å². The van der Waals surface area contributed by atoms with Crippen LogP contribution >= 0.6 is 0 Å². The van der Waals surface area contributed by atoms with Crippen molar-refractivity contribution >= 4 is 0 Å². The molecule has 2 heterocycles. The summed E-state index contributed by atoms with van der Waals surface area (Å²) in [5, 5.41) is 11.1. The maximum Gasteiger partial charge on any atom is 0.106 e. The van der Waals surface area contributed by atoms with Crippen LogP contribution < -0.4 is 0 Å². The highest BCUT2D eigenvalue weighted by molar-refractivity contribution is 5.20. The lowest BCUT2D eigenvalue weighted by molar-refractivity contribution is -0.240. The summed E-state index contributed by atoms with van der Waals surface area (Å²) >= 11 is 0. The first-order chi connectivity index (χ1) is 15.3. The summed E-state index contributed by atoms with van der Waals surface area (Å²) < 4.78 is 6.14. The zero-order valence-electron chi connectivity index (χ0n) is 18.2. The van der Waals surface area contributed by atoms with Gasteiger partial charge in [-0.05, 0) is 49.7 Å². The quantitative estimate of drug-likeness (QED) is 0.365. The van der Waals surface area contributed by atoms with Crippen molar-refractivity contribution in [2.75, 3.05) is 6.61 Å². The molecule has 2 fully saturated rings. The maximum absolute atomic E-state index is 8.74. The number of nitrogens with zero attached hydrogens (tertiary/aromatic N) is 2. The summed E-state index contributed by atoms with van der Waals surface area (Å²) in [6, 6.07) is 23.3. The van der Waals surface area contributed by atoms with E-state index >= 15 is 0 Å². The van der Waals surface area contributed by atoms with Crippen molar-refractivity contribution in [3.8, 4) is 6.07 Å². The van der Waals surface area contributed by atoms with Crippen molar-refractivity contribution in [1.29, 1.82) is 5.26 Å². The van der Waals surface area contributed by atoms with Gasteiger partial charge in [0.1, 0.15) is 6.10 Å². The third kappa shape index (κ3) is 5.43. The van der Waals surface area contributed by atoms with Gasteiger partial charge in [0.05, 0.1) is 25.3 Å². The minimum Gasteiger partial charge on any atom is -0.375 e. The second kappa shape index (κ2) is 10.7. The van der Waals surface area contributed by atoms with E-state index in [0.29, 0.717) is 13.2 Å². The van der Waals surface area contributed by atoms with E-state index < -0.39 is 0 Å². The lowest BCUT2D eigenvalue weighted by Crippen LogP contribution is -2.53. The Kier molecular flexibility index (Phi) is 7.53. The summed E-state index contributed by atoms with van der Waals surface area (Å²) in [5.74, 6) is 0. The van der Waals surface area contributed by atoms with Gasteiger partial charge in [-0.1, -0.05) is 66.7 Å². The number of rotatable bonds is 9. The van der Waals surface area contributed by atoms with Gasteiger partial charge in [0.2, 0.25) is 0 Å². The molecule has 162 valence electrons. The van der Waals surface area contributed by atoms with E-state index in [-0.39, 0.29) is 17.7 Å². The highest BCUT2D eigenvalue weighted by Crippen LogP contribution is 2.50. The first-order valence-electron chi connectivity index (χ1n) is 11.5. The topological polar surface area (TPSA) is 45.5 Å². The van der Waals surface area contributed by atoms with Crippen LogP contribution in [-0.2, 0) is 16.2 Å². The van der Waals surface area contributed by atoms with Gasteiger partial charge in [-0.25, -0.2) is 0 Å². The fourth-order valence-electron chi connectivity index (χ4n) is 5.10. The van der Waals surface area contributed by atoms with Gasteiger partial charge in [-0.3, -0.25) is 4.84 Å². The third-order valence-corrected chi connectivity index (χ3v) is 6.58. The molecule has 2 aromatic carbocycles. The standard InChI is InChI=1S/C27H32N2O2/c28-19-10-2-1-9-17-27-18-11-16-25(22-30-21-23-12-5-3-6-13-23)29(27)31-26(20-27)24-14-7-4-8-15-24/h2-8,10,12-15,25-26H,1,9,11,16-18,20-22H2/b10-2+/t25-,26+,27-/m0/s1. The van der Waals surface area contributed by atoms with Crippen molar-refractivity contribution in [2.24, 2.45) is 0 Å². The van der Waals surface area contributed by atoms with Crippen LogP contribution in [0.1, 0.15) is 62.2 Å². The molecule has 2 aliphatic rings. The van der Waals surface area contributed by atoms with Gasteiger partial charge in [0, 0.05) is 18.0 Å². The van der Waals surface area contributed by atoms with Crippen LogP contribution in [0.4, 0.5) is 0 Å². The largest absolute Gasteiger partial charge is 0.375 e. The van der Waals surface area contributed by atoms with Crippen molar-refractivity contribution in [1.82, 2.24) is 5.06 Å². The van der Waals surface area contributed by atoms with Gasteiger partial charge < -0.3 is 4.74 Å². The van der Waals surface area contributed by atoms with Crippen molar-refractivity contribution in [3.63, 3.8) is 0 Å². The molecule has 0 amide bonds. The Morgan fingerprint density at radius 2 is 1.90 bits per heavy atom. The number of unbranched alkanes of at least 4 members (excludes halogenated alkanes) is 1. The molecule has 4 rings (SSSR count). The molecule has 0 spiro atoms. The molecule has 0 N–H and O–H groups in total. The molecule has 0 saturated carbocycles. The lowest BCUT2D eigenvalue weighted by atomic mass is 9.78. The Bertz CT molecular complexity index is 877.